The van der Waals surface area contributed by atoms with E-state index in [1.165, 1.54) is 44.3 Å². The zero-order valence-corrected chi connectivity index (χ0v) is 12.2. The molecule has 0 saturated carbocycles. The molecule has 0 amide bonds. The Balaban J connectivity index is 1.77. The van der Waals surface area contributed by atoms with Crippen LogP contribution in [0.25, 0.3) is 0 Å². The average molecular weight is 300 g/mol. The van der Waals surface area contributed by atoms with Crippen LogP contribution in [-0.4, -0.2) is 39.1 Å². The second kappa shape index (κ2) is 6.55. The number of aromatic nitrogens is 2. The predicted molar refractivity (Wildman–Crippen MR) is 74.5 cm³/mol. The minimum atomic E-state index is 0.823. The molecule has 2 rings (SSSR count). The molecule has 0 aromatic carbocycles. The monoisotopic (exact) mass is 299 g/mol. The highest BCUT2D eigenvalue weighted by Crippen LogP contribution is 2.21. The molecule has 1 aliphatic rings. The highest BCUT2D eigenvalue weighted by Gasteiger charge is 2.23. The quantitative estimate of drug-likeness (QED) is 0.753. The summed E-state index contributed by atoms with van der Waals surface area (Å²) in [5, 5.41) is 5.36. The molecule has 0 bridgehead atoms. The first kappa shape index (κ1) is 13.1. The van der Waals surface area contributed by atoms with Crippen LogP contribution in [0.2, 0.25) is 0 Å². The fraction of sp³-hybridized carbons (Fsp3) is 0.769. The number of hydrogen-bond donors (Lipinski definition) is 0. The smallest absolute Gasteiger partial charge is 0.0522 e. The van der Waals surface area contributed by atoms with Crippen LogP contribution >= 0.6 is 15.9 Å². The Morgan fingerprint density at radius 3 is 3.12 bits per heavy atom. The Bertz CT molecular complexity index is 337. The second-order valence-electron chi connectivity index (χ2n) is 4.94. The molecule has 17 heavy (non-hydrogen) atoms. The highest BCUT2D eigenvalue weighted by molar-refractivity contribution is 9.09. The van der Waals surface area contributed by atoms with E-state index < -0.39 is 0 Å². The summed E-state index contributed by atoms with van der Waals surface area (Å²) in [7, 11) is 1.98. The molecule has 96 valence electrons. The normalized spacial score (nSPS) is 21.2. The minimum absolute atomic E-state index is 0.823. The van der Waals surface area contributed by atoms with E-state index in [0.717, 1.165) is 17.8 Å². The third-order valence-corrected chi connectivity index (χ3v) is 4.18. The maximum atomic E-state index is 4.22. The van der Waals surface area contributed by atoms with Crippen molar-refractivity contribution in [2.75, 3.05) is 18.4 Å². The summed E-state index contributed by atoms with van der Waals surface area (Å²) < 4.78 is 1.89. The van der Waals surface area contributed by atoms with Gasteiger partial charge >= 0.3 is 0 Å². The summed E-state index contributed by atoms with van der Waals surface area (Å²) in [5.41, 5.74) is 1.36. The Morgan fingerprint density at radius 1 is 1.53 bits per heavy atom. The number of rotatable bonds is 6. The van der Waals surface area contributed by atoms with E-state index in [2.05, 4.69) is 32.1 Å². The minimum Gasteiger partial charge on any atom is -0.300 e. The summed E-state index contributed by atoms with van der Waals surface area (Å²) in [6.45, 7) is 2.48. The van der Waals surface area contributed by atoms with Gasteiger partial charge in [0.05, 0.1) is 6.20 Å². The second-order valence-corrected chi connectivity index (χ2v) is 5.73. The van der Waals surface area contributed by atoms with Gasteiger partial charge in [0.1, 0.15) is 0 Å². The lowest BCUT2D eigenvalue weighted by Gasteiger charge is -2.23. The SMILES string of the molecule is Cn1cc(CCN2CCCC2CCCBr)cn1. The van der Waals surface area contributed by atoms with E-state index in [0.29, 0.717) is 0 Å². The zero-order valence-electron chi connectivity index (χ0n) is 10.6. The van der Waals surface area contributed by atoms with E-state index in [1.807, 2.05) is 17.9 Å². The van der Waals surface area contributed by atoms with Crippen LogP contribution in [0.4, 0.5) is 0 Å². The molecule has 0 spiro atoms. The van der Waals surface area contributed by atoms with Gasteiger partial charge in [-0.05, 0) is 44.2 Å². The van der Waals surface area contributed by atoms with Crippen LogP contribution in [0, 0.1) is 0 Å². The van der Waals surface area contributed by atoms with Crippen molar-refractivity contribution in [1.29, 1.82) is 0 Å². The first-order valence-corrected chi connectivity index (χ1v) is 7.69. The topological polar surface area (TPSA) is 21.1 Å². The first-order chi connectivity index (χ1) is 8.29. The summed E-state index contributed by atoms with van der Waals surface area (Å²) in [5.74, 6) is 0. The van der Waals surface area contributed by atoms with Gasteiger partial charge in [-0.1, -0.05) is 15.9 Å². The van der Waals surface area contributed by atoms with Gasteiger partial charge in [0.15, 0.2) is 0 Å². The van der Waals surface area contributed by atoms with Crippen molar-refractivity contribution in [1.82, 2.24) is 14.7 Å². The van der Waals surface area contributed by atoms with Gasteiger partial charge in [0.2, 0.25) is 0 Å². The molecule has 0 radical (unpaired) electrons. The van der Waals surface area contributed by atoms with Crippen molar-refractivity contribution in [2.45, 2.75) is 38.1 Å². The van der Waals surface area contributed by atoms with Crippen molar-refractivity contribution >= 4 is 15.9 Å². The van der Waals surface area contributed by atoms with Crippen molar-refractivity contribution in [3.05, 3.63) is 18.0 Å². The fourth-order valence-corrected chi connectivity index (χ4v) is 3.03. The number of alkyl halides is 1. The molecule has 4 heteroatoms. The lowest BCUT2D eigenvalue weighted by atomic mass is 10.1. The van der Waals surface area contributed by atoms with Gasteiger partial charge < -0.3 is 4.90 Å². The maximum Gasteiger partial charge on any atom is 0.0522 e. The number of likely N-dealkylation sites (tertiary alicyclic amines) is 1. The lowest BCUT2D eigenvalue weighted by molar-refractivity contribution is 0.245. The standard InChI is InChI=1S/C13H22BrN3/c1-16-11-12(10-15-16)6-9-17-8-3-5-13(17)4-2-7-14/h10-11,13H,2-9H2,1H3. The van der Waals surface area contributed by atoms with Crippen molar-refractivity contribution < 1.29 is 0 Å². The lowest BCUT2D eigenvalue weighted by Crippen LogP contribution is -2.31. The Hall–Kier alpha value is -0.350. The van der Waals surface area contributed by atoms with E-state index in [9.17, 15) is 0 Å². The van der Waals surface area contributed by atoms with E-state index in [-0.39, 0.29) is 0 Å². The van der Waals surface area contributed by atoms with Crippen LogP contribution in [0.1, 0.15) is 31.2 Å². The Labute approximate surface area is 112 Å². The highest BCUT2D eigenvalue weighted by atomic mass is 79.9. The van der Waals surface area contributed by atoms with Crippen LogP contribution in [0.3, 0.4) is 0 Å². The van der Waals surface area contributed by atoms with Crippen LogP contribution in [0.15, 0.2) is 12.4 Å². The summed E-state index contributed by atoms with van der Waals surface area (Å²) in [6.07, 6.45) is 10.7. The molecular weight excluding hydrogens is 278 g/mol. The van der Waals surface area contributed by atoms with E-state index in [4.69, 9.17) is 0 Å². The van der Waals surface area contributed by atoms with Crippen molar-refractivity contribution in [3.8, 4) is 0 Å². The predicted octanol–water partition coefficient (Wildman–Crippen LogP) is 2.60. The number of halogens is 1. The molecule has 1 aromatic heterocycles. The average Bonchev–Trinajstić information content (AvgIpc) is 2.92. The van der Waals surface area contributed by atoms with Gasteiger partial charge in [-0.25, -0.2) is 0 Å². The Kier molecular flexibility index (Phi) is 5.04. The molecule has 1 aliphatic heterocycles. The maximum absolute atomic E-state index is 4.22. The van der Waals surface area contributed by atoms with Crippen molar-refractivity contribution in [3.63, 3.8) is 0 Å². The molecule has 2 heterocycles. The molecule has 1 atom stereocenters. The summed E-state index contributed by atoms with van der Waals surface area (Å²) in [6, 6.07) is 0.823. The van der Waals surface area contributed by atoms with Gasteiger partial charge in [-0.3, -0.25) is 4.68 Å². The summed E-state index contributed by atoms with van der Waals surface area (Å²) >= 11 is 3.53. The molecule has 1 unspecified atom stereocenters. The molecule has 3 nitrogen and oxygen atoms in total. The third-order valence-electron chi connectivity index (χ3n) is 3.62. The van der Waals surface area contributed by atoms with Gasteiger partial charge in [0, 0.05) is 31.2 Å². The first-order valence-electron chi connectivity index (χ1n) is 6.57. The van der Waals surface area contributed by atoms with Crippen molar-refractivity contribution in [2.24, 2.45) is 7.05 Å². The van der Waals surface area contributed by atoms with Gasteiger partial charge in [0.25, 0.3) is 0 Å². The molecule has 0 N–H and O–H groups in total. The molecule has 1 aromatic rings. The number of nitrogens with zero attached hydrogens (tertiary/aromatic N) is 3. The zero-order chi connectivity index (χ0) is 12.1. The van der Waals surface area contributed by atoms with E-state index in [1.54, 1.807) is 0 Å². The van der Waals surface area contributed by atoms with E-state index >= 15 is 0 Å². The Morgan fingerprint density at radius 2 is 2.41 bits per heavy atom. The van der Waals surface area contributed by atoms with Crippen LogP contribution in [-0.2, 0) is 13.5 Å². The van der Waals surface area contributed by atoms with Crippen LogP contribution < -0.4 is 0 Å². The molecule has 0 aliphatic carbocycles. The molecule has 1 saturated heterocycles. The largest absolute Gasteiger partial charge is 0.300 e. The number of hydrogen-bond acceptors (Lipinski definition) is 2. The fourth-order valence-electron chi connectivity index (χ4n) is 2.70. The number of aryl methyl sites for hydroxylation is 1. The molecule has 1 fully saturated rings. The van der Waals surface area contributed by atoms with Gasteiger partial charge in [-0.2, -0.15) is 5.10 Å². The third kappa shape index (κ3) is 3.81. The molecular formula is C13H22BrN3. The van der Waals surface area contributed by atoms with Crippen LogP contribution in [0.5, 0.6) is 0 Å². The van der Waals surface area contributed by atoms with Gasteiger partial charge in [-0.15, -0.1) is 0 Å². The summed E-state index contributed by atoms with van der Waals surface area (Å²) in [4.78, 5) is 2.66.